The highest BCUT2D eigenvalue weighted by Gasteiger charge is 2.31. The van der Waals surface area contributed by atoms with Gasteiger partial charge in [-0.1, -0.05) is 43.1 Å². The van der Waals surface area contributed by atoms with Crippen LogP contribution < -0.4 is 11.1 Å². The molecule has 0 saturated carbocycles. The molecule has 1 amide bonds. The molecule has 4 nitrogen and oxygen atoms in total. The summed E-state index contributed by atoms with van der Waals surface area (Å²) in [6.45, 7) is 5.05. The van der Waals surface area contributed by atoms with Crippen molar-refractivity contribution < 1.29 is 9.53 Å². The highest BCUT2D eigenvalue weighted by molar-refractivity contribution is 6.42. The third-order valence-corrected chi connectivity index (χ3v) is 4.81. The summed E-state index contributed by atoms with van der Waals surface area (Å²) in [6, 6.07) is 5.54. The van der Waals surface area contributed by atoms with Crippen LogP contribution in [-0.2, 0) is 14.9 Å². The van der Waals surface area contributed by atoms with Crippen LogP contribution in [0.2, 0.25) is 10.0 Å². The van der Waals surface area contributed by atoms with Gasteiger partial charge in [0, 0.05) is 18.5 Å². The first kappa shape index (κ1) is 17.5. The van der Waals surface area contributed by atoms with Crippen molar-refractivity contribution in [2.45, 2.75) is 44.3 Å². The molecule has 1 fully saturated rings. The molecule has 0 unspecified atom stereocenters. The third-order valence-electron chi connectivity index (χ3n) is 4.07. The zero-order valence-electron chi connectivity index (χ0n) is 12.9. The molecule has 2 rings (SSSR count). The van der Waals surface area contributed by atoms with Gasteiger partial charge in [-0.2, -0.15) is 0 Å². The summed E-state index contributed by atoms with van der Waals surface area (Å²) in [5.41, 5.74) is 6.33. The molecule has 2 atom stereocenters. The summed E-state index contributed by atoms with van der Waals surface area (Å²) in [5.74, 6) is -0.0796. The van der Waals surface area contributed by atoms with Gasteiger partial charge >= 0.3 is 0 Å². The summed E-state index contributed by atoms with van der Waals surface area (Å²) in [4.78, 5) is 12.2. The normalized spacial score (nSPS) is 21.9. The van der Waals surface area contributed by atoms with E-state index in [1.165, 1.54) is 0 Å². The van der Waals surface area contributed by atoms with E-state index in [-0.39, 0.29) is 17.4 Å². The fourth-order valence-corrected chi connectivity index (χ4v) is 2.81. The van der Waals surface area contributed by atoms with E-state index >= 15 is 0 Å². The molecule has 1 aliphatic rings. The molecule has 3 N–H and O–H groups in total. The predicted molar refractivity (Wildman–Crippen MR) is 89.4 cm³/mol. The molecule has 1 saturated heterocycles. The second-order valence-corrected chi connectivity index (χ2v) is 7.10. The number of hydrogen-bond acceptors (Lipinski definition) is 3. The Morgan fingerprint density at radius 2 is 2.09 bits per heavy atom. The molecule has 1 aromatic carbocycles. The first-order valence-electron chi connectivity index (χ1n) is 7.42. The average molecular weight is 345 g/mol. The SMILES string of the molecule is CC(C)(CNC(=O)[C@@H]1CC[C@H](CN)O1)c1ccc(Cl)c(Cl)c1. The summed E-state index contributed by atoms with van der Waals surface area (Å²) in [7, 11) is 0. The Labute approximate surface area is 141 Å². The standard InChI is InChI=1S/C16H22Cl2N2O2/c1-16(2,10-3-5-12(17)13(18)7-10)9-20-15(21)14-6-4-11(8-19)22-14/h3,5,7,11,14H,4,6,8-9,19H2,1-2H3,(H,20,21)/t11-,14+/m1/s1. The van der Waals surface area contributed by atoms with Crippen LogP contribution in [-0.4, -0.2) is 31.2 Å². The van der Waals surface area contributed by atoms with Gasteiger partial charge in [-0.25, -0.2) is 0 Å². The number of ether oxygens (including phenoxy) is 1. The van der Waals surface area contributed by atoms with Crippen molar-refractivity contribution in [1.29, 1.82) is 0 Å². The molecular weight excluding hydrogens is 323 g/mol. The lowest BCUT2D eigenvalue weighted by atomic mass is 9.84. The molecule has 0 aromatic heterocycles. The molecule has 1 heterocycles. The van der Waals surface area contributed by atoms with Crippen LogP contribution in [0.5, 0.6) is 0 Å². The molecular formula is C16H22Cl2N2O2. The van der Waals surface area contributed by atoms with Crippen LogP contribution in [0.3, 0.4) is 0 Å². The first-order chi connectivity index (χ1) is 10.3. The number of nitrogens with one attached hydrogen (secondary N) is 1. The average Bonchev–Trinajstić information content (AvgIpc) is 2.96. The third kappa shape index (κ3) is 4.13. The van der Waals surface area contributed by atoms with E-state index in [0.717, 1.165) is 18.4 Å². The van der Waals surface area contributed by atoms with Gasteiger partial charge < -0.3 is 15.8 Å². The van der Waals surface area contributed by atoms with Crippen LogP contribution in [0.25, 0.3) is 0 Å². The number of carbonyl (C=O) groups is 1. The molecule has 0 spiro atoms. The molecule has 122 valence electrons. The fourth-order valence-electron chi connectivity index (χ4n) is 2.51. The Kier molecular flexibility index (Phi) is 5.72. The van der Waals surface area contributed by atoms with Crippen molar-refractivity contribution in [2.75, 3.05) is 13.1 Å². The van der Waals surface area contributed by atoms with Crippen LogP contribution in [0, 0.1) is 0 Å². The van der Waals surface area contributed by atoms with E-state index in [1.807, 2.05) is 26.0 Å². The Bertz CT molecular complexity index is 549. The van der Waals surface area contributed by atoms with Crippen molar-refractivity contribution in [2.24, 2.45) is 5.73 Å². The maximum Gasteiger partial charge on any atom is 0.249 e. The van der Waals surface area contributed by atoms with Gasteiger partial charge in [-0.15, -0.1) is 0 Å². The van der Waals surface area contributed by atoms with E-state index in [0.29, 0.717) is 23.1 Å². The van der Waals surface area contributed by atoms with E-state index in [2.05, 4.69) is 5.32 Å². The van der Waals surface area contributed by atoms with Crippen molar-refractivity contribution in [3.05, 3.63) is 33.8 Å². The van der Waals surface area contributed by atoms with E-state index < -0.39 is 6.10 Å². The number of rotatable bonds is 5. The molecule has 1 aromatic rings. The summed E-state index contributed by atoms with van der Waals surface area (Å²) >= 11 is 12.0. The summed E-state index contributed by atoms with van der Waals surface area (Å²) < 4.78 is 5.60. The van der Waals surface area contributed by atoms with Gasteiger partial charge in [-0.3, -0.25) is 4.79 Å². The Morgan fingerprint density at radius 3 is 2.68 bits per heavy atom. The highest BCUT2D eigenvalue weighted by atomic mass is 35.5. The molecule has 0 aliphatic carbocycles. The number of hydrogen-bond donors (Lipinski definition) is 2. The number of amides is 1. The van der Waals surface area contributed by atoms with Crippen molar-refractivity contribution in [3.8, 4) is 0 Å². The van der Waals surface area contributed by atoms with Crippen LogP contribution in [0.4, 0.5) is 0 Å². The minimum Gasteiger partial charge on any atom is -0.364 e. The quantitative estimate of drug-likeness (QED) is 0.863. The predicted octanol–water partition coefficient (Wildman–Crippen LogP) is 2.89. The van der Waals surface area contributed by atoms with Crippen LogP contribution in [0.1, 0.15) is 32.3 Å². The van der Waals surface area contributed by atoms with Gasteiger partial charge in [0.15, 0.2) is 0 Å². The molecule has 1 aliphatic heterocycles. The summed E-state index contributed by atoms with van der Waals surface area (Å²) in [5, 5.41) is 4.00. The molecule has 0 radical (unpaired) electrons. The van der Waals surface area contributed by atoms with Crippen molar-refractivity contribution in [1.82, 2.24) is 5.32 Å². The maximum atomic E-state index is 12.2. The second-order valence-electron chi connectivity index (χ2n) is 6.29. The Hall–Kier alpha value is -0.810. The number of nitrogens with two attached hydrogens (primary N) is 1. The van der Waals surface area contributed by atoms with Gasteiger partial charge in [0.1, 0.15) is 6.10 Å². The van der Waals surface area contributed by atoms with Gasteiger partial charge in [0.2, 0.25) is 5.91 Å². The molecule has 0 bridgehead atoms. The van der Waals surface area contributed by atoms with Crippen molar-refractivity contribution >= 4 is 29.1 Å². The van der Waals surface area contributed by atoms with Gasteiger partial charge in [0.05, 0.1) is 16.1 Å². The van der Waals surface area contributed by atoms with Gasteiger partial charge in [0.25, 0.3) is 0 Å². The number of benzene rings is 1. The van der Waals surface area contributed by atoms with Crippen LogP contribution in [0.15, 0.2) is 18.2 Å². The highest BCUT2D eigenvalue weighted by Crippen LogP contribution is 2.29. The van der Waals surface area contributed by atoms with E-state index in [1.54, 1.807) is 6.07 Å². The molecule has 6 heteroatoms. The summed E-state index contributed by atoms with van der Waals surface area (Å²) in [6.07, 6.45) is 1.17. The lowest BCUT2D eigenvalue weighted by Gasteiger charge is -2.27. The minimum atomic E-state index is -0.391. The maximum absolute atomic E-state index is 12.2. The number of carbonyl (C=O) groups excluding carboxylic acids is 1. The minimum absolute atomic E-state index is 0.00108. The van der Waals surface area contributed by atoms with E-state index in [4.69, 9.17) is 33.7 Å². The number of halogens is 2. The molecule has 22 heavy (non-hydrogen) atoms. The topological polar surface area (TPSA) is 64.4 Å². The van der Waals surface area contributed by atoms with E-state index in [9.17, 15) is 4.79 Å². The zero-order chi connectivity index (χ0) is 16.3. The monoisotopic (exact) mass is 344 g/mol. The Balaban J connectivity index is 1.94. The second kappa shape index (κ2) is 7.18. The van der Waals surface area contributed by atoms with Crippen molar-refractivity contribution in [3.63, 3.8) is 0 Å². The lowest BCUT2D eigenvalue weighted by Crippen LogP contribution is -2.42. The fraction of sp³-hybridized carbons (Fsp3) is 0.562. The lowest BCUT2D eigenvalue weighted by molar-refractivity contribution is -0.132. The largest absolute Gasteiger partial charge is 0.364 e. The first-order valence-corrected chi connectivity index (χ1v) is 8.18. The Morgan fingerprint density at radius 1 is 1.36 bits per heavy atom. The zero-order valence-corrected chi connectivity index (χ0v) is 14.4. The smallest absolute Gasteiger partial charge is 0.249 e. The van der Waals surface area contributed by atoms with Crippen LogP contribution >= 0.6 is 23.2 Å². The van der Waals surface area contributed by atoms with Gasteiger partial charge in [-0.05, 0) is 30.5 Å².